The summed E-state index contributed by atoms with van der Waals surface area (Å²) >= 11 is 0. The second-order valence-corrected chi connectivity index (χ2v) is 7.24. The molecule has 0 aliphatic heterocycles. The number of rotatable bonds is 9. The first-order chi connectivity index (χ1) is 14.1. The molecule has 0 amide bonds. The highest BCUT2D eigenvalue weighted by Gasteiger charge is 2.27. The number of esters is 1. The predicted molar refractivity (Wildman–Crippen MR) is 114 cm³/mol. The number of hydrogen-bond donors (Lipinski definition) is 1. The highest BCUT2D eigenvalue weighted by molar-refractivity contribution is 5.86. The molecule has 0 saturated heterocycles. The maximum absolute atomic E-state index is 11.3. The molecule has 0 spiro atoms. The number of carbonyl (C=O) groups excluding carboxylic acids is 1. The monoisotopic (exact) mass is 395 g/mol. The first-order valence-corrected chi connectivity index (χ1v) is 10.0. The Bertz CT molecular complexity index is 862. The van der Waals surface area contributed by atoms with Gasteiger partial charge in [-0.1, -0.05) is 36.4 Å². The summed E-state index contributed by atoms with van der Waals surface area (Å²) in [5.41, 5.74) is 4.71. The Kier molecular flexibility index (Phi) is 7.44. The molecule has 2 aromatic carbocycles. The van der Waals surface area contributed by atoms with Gasteiger partial charge < -0.3 is 14.6 Å². The summed E-state index contributed by atoms with van der Waals surface area (Å²) in [7, 11) is 1.37. The molecule has 2 aromatic rings. The van der Waals surface area contributed by atoms with Crippen molar-refractivity contribution in [3.63, 3.8) is 0 Å². The van der Waals surface area contributed by atoms with Crippen molar-refractivity contribution < 1.29 is 19.4 Å². The molecule has 1 aliphatic rings. The molecule has 1 unspecified atom stereocenters. The number of hydrogen-bond acceptors (Lipinski definition) is 5. The summed E-state index contributed by atoms with van der Waals surface area (Å²) in [6, 6.07) is 14.6. The number of ether oxygens (including phenoxy) is 2. The molecule has 0 aromatic heterocycles. The summed E-state index contributed by atoms with van der Waals surface area (Å²) in [4.78, 5) is 13.6. The average Bonchev–Trinajstić information content (AvgIpc) is 3.15. The topological polar surface area (TPSA) is 59.0 Å². The molecule has 5 heteroatoms. The first-order valence-electron chi connectivity index (χ1n) is 10.0. The van der Waals surface area contributed by atoms with Crippen LogP contribution in [0.25, 0.3) is 6.08 Å². The van der Waals surface area contributed by atoms with Crippen LogP contribution in [0.4, 0.5) is 0 Å². The molecule has 0 fully saturated rings. The molecule has 0 bridgehead atoms. The quantitative estimate of drug-likeness (QED) is 0.520. The molecule has 29 heavy (non-hydrogen) atoms. The van der Waals surface area contributed by atoms with Crippen LogP contribution in [-0.4, -0.2) is 49.4 Å². The number of nitrogens with zero attached hydrogens (tertiary/aromatic N) is 1. The van der Waals surface area contributed by atoms with E-state index < -0.39 is 0 Å². The highest BCUT2D eigenvalue weighted by Crippen LogP contribution is 2.36. The van der Waals surface area contributed by atoms with Gasteiger partial charge in [0.05, 0.1) is 13.7 Å². The molecule has 0 radical (unpaired) electrons. The van der Waals surface area contributed by atoms with Crippen molar-refractivity contribution in [2.75, 3.05) is 33.4 Å². The molecule has 1 N–H and O–H groups in total. The smallest absolute Gasteiger partial charge is 0.330 e. The minimum Gasteiger partial charge on any atom is -0.492 e. The fourth-order valence-electron chi connectivity index (χ4n) is 3.87. The Morgan fingerprint density at radius 2 is 2.07 bits per heavy atom. The van der Waals surface area contributed by atoms with Crippen LogP contribution in [0.1, 0.15) is 34.7 Å². The number of para-hydroxylation sites is 1. The van der Waals surface area contributed by atoms with Gasteiger partial charge in [-0.15, -0.1) is 0 Å². The highest BCUT2D eigenvalue weighted by atomic mass is 16.5. The lowest BCUT2D eigenvalue weighted by molar-refractivity contribution is -0.134. The summed E-state index contributed by atoms with van der Waals surface area (Å²) in [6.07, 6.45) is 5.22. The summed E-state index contributed by atoms with van der Waals surface area (Å²) < 4.78 is 10.6. The molecule has 3 rings (SSSR count). The third-order valence-electron chi connectivity index (χ3n) is 5.38. The second-order valence-electron chi connectivity index (χ2n) is 7.24. The van der Waals surface area contributed by atoms with E-state index in [2.05, 4.69) is 21.8 Å². The minimum absolute atomic E-state index is 0.121. The zero-order chi connectivity index (χ0) is 20.6. The Hall–Kier alpha value is -2.63. The van der Waals surface area contributed by atoms with Gasteiger partial charge in [-0.05, 0) is 54.2 Å². The number of aryl methyl sites for hydroxylation is 2. The number of benzene rings is 2. The van der Waals surface area contributed by atoms with E-state index in [1.54, 1.807) is 6.08 Å². The van der Waals surface area contributed by atoms with Crippen LogP contribution in [0.3, 0.4) is 0 Å². The lowest BCUT2D eigenvalue weighted by Crippen LogP contribution is -2.34. The van der Waals surface area contributed by atoms with Crippen molar-refractivity contribution in [1.29, 1.82) is 0 Å². The number of fused-ring (bicyclic) bond motifs is 1. The Morgan fingerprint density at radius 1 is 1.24 bits per heavy atom. The van der Waals surface area contributed by atoms with Crippen molar-refractivity contribution in [1.82, 2.24) is 4.90 Å². The Morgan fingerprint density at radius 3 is 2.83 bits per heavy atom. The molecule has 1 atom stereocenters. The van der Waals surface area contributed by atoms with Gasteiger partial charge in [-0.25, -0.2) is 4.79 Å². The van der Waals surface area contributed by atoms with E-state index in [-0.39, 0.29) is 18.6 Å². The van der Waals surface area contributed by atoms with Crippen LogP contribution in [0.15, 0.2) is 48.5 Å². The van der Waals surface area contributed by atoms with Gasteiger partial charge >= 0.3 is 5.97 Å². The summed E-state index contributed by atoms with van der Waals surface area (Å²) in [5.74, 6) is 0.552. The zero-order valence-electron chi connectivity index (χ0n) is 17.1. The van der Waals surface area contributed by atoms with Crippen molar-refractivity contribution in [3.05, 3.63) is 70.8 Å². The standard InChI is InChI=1S/C24H29NO4/c1-18-5-3-4-6-23(18)29-16-14-25(13-15-26)22-11-9-20-17-19(7-10-21(20)22)8-12-24(27)28-2/h3-8,10,12,17,22,26H,9,11,13-16H2,1-2H3/b12-8+. The molecule has 5 nitrogen and oxygen atoms in total. The lowest BCUT2D eigenvalue weighted by Gasteiger charge is -2.29. The SMILES string of the molecule is COC(=O)/C=C/c1ccc2c(c1)CCC2N(CCO)CCOc1ccccc1C. The number of methoxy groups -OCH3 is 1. The van der Waals surface area contributed by atoms with Gasteiger partial charge in [0.1, 0.15) is 12.4 Å². The van der Waals surface area contributed by atoms with E-state index in [9.17, 15) is 9.90 Å². The van der Waals surface area contributed by atoms with Gasteiger partial charge in [-0.3, -0.25) is 4.90 Å². The maximum Gasteiger partial charge on any atom is 0.330 e. The molecular formula is C24H29NO4. The summed E-state index contributed by atoms with van der Waals surface area (Å²) in [5, 5.41) is 9.56. The Balaban J connectivity index is 1.66. The van der Waals surface area contributed by atoms with Crippen LogP contribution in [0, 0.1) is 6.92 Å². The number of aliphatic hydroxyl groups is 1. The van der Waals surface area contributed by atoms with Gasteiger partial charge in [0.15, 0.2) is 0 Å². The van der Waals surface area contributed by atoms with Crippen LogP contribution in [-0.2, 0) is 16.0 Å². The van der Waals surface area contributed by atoms with E-state index in [4.69, 9.17) is 4.74 Å². The molecule has 1 aliphatic carbocycles. The third kappa shape index (κ3) is 5.46. The molecular weight excluding hydrogens is 366 g/mol. The van der Waals surface area contributed by atoms with E-state index in [0.29, 0.717) is 13.2 Å². The molecule has 0 heterocycles. The van der Waals surface area contributed by atoms with Crippen molar-refractivity contribution >= 4 is 12.0 Å². The normalized spacial score (nSPS) is 15.7. The predicted octanol–water partition coefficient (Wildman–Crippen LogP) is 3.54. The fourth-order valence-corrected chi connectivity index (χ4v) is 3.87. The second kappa shape index (κ2) is 10.2. The molecule has 154 valence electrons. The lowest BCUT2D eigenvalue weighted by atomic mass is 10.0. The van der Waals surface area contributed by atoms with Crippen LogP contribution >= 0.6 is 0 Å². The third-order valence-corrected chi connectivity index (χ3v) is 5.38. The van der Waals surface area contributed by atoms with Gasteiger partial charge in [-0.2, -0.15) is 0 Å². The van der Waals surface area contributed by atoms with Crippen molar-refractivity contribution in [2.45, 2.75) is 25.8 Å². The average molecular weight is 395 g/mol. The molecule has 0 saturated carbocycles. The maximum atomic E-state index is 11.3. The van der Waals surface area contributed by atoms with Gasteiger partial charge in [0.25, 0.3) is 0 Å². The largest absolute Gasteiger partial charge is 0.492 e. The van der Waals surface area contributed by atoms with E-state index in [0.717, 1.165) is 36.3 Å². The minimum atomic E-state index is -0.355. The van der Waals surface area contributed by atoms with Crippen molar-refractivity contribution in [2.24, 2.45) is 0 Å². The summed E-state index contributed by atoms with van der Waals surface area (Å²) in [6.45, 7) is 4.11. The van der Waals surface area contributed by atoms with Crippen LogP contribution in [0.2, 0.25) is 0 Å². The number of aliphatic hydroxyl groups excluding tert-OH is 1. The van der Waals surface area contributed by atoms with E-state index in [1.165, 1.54) is 24.3 Å². The van der Waals surface area contributed by atoms with E-state index in [1.807, 2.05) is 37.3 Å². The fraction of sp³-hybridized carbons (Fsp3) is 0.375. The van der Waals surface area contributed by atoms with Crippen LogP contribution in [0.5, 0.6) is 5.75 Å². The zero-order valence-corrected chi connectivity index (χ0v) is 17.1. The van der Waals surface area contributed by atoms with Gasteiger partial charge in [0.2, 0.25) is 0 Å². The van der Waals surface area contributed by atoms with Gasteiger partial charge in [0, 0.05) is 25.2 Å². The van der Waals surface area contributed by atoms with Crippen LogP contribution < -0.4 is 4.74 Å². The first kappa shape index (κ1) is 21.1. The van der Waals surface area contributed by atoms with Crippen molar-refractivity contribution in [3.8, 4) is 5.75 Å². The Labute approximate surface area is 172 Å². The van der Waals surface area contributed by atoms with E-state index >= 15 is 0 Å². The number of carbonyl (C=O) groups is 1.